The number of aliphatic hydroxyl groups is 1. The van der Waals surface area contributed by atoms with E-state index < -0.39 is 0 Å². The van der Waals surface area contributed by atoms with Crippen molar-refractivity contribution in [3.05, 3.63) is 12.4 Å². The molecule has 0 unspecified atom stereocenters. The van der Waals surface area contributed by atoms with E-state index in [1.54, 1.807) is 24.2 Å². The molecule has 1 heterocycles. The Morgan fingerprint density at radius 1 is 1.69 bits per heavy atom. The number of carbonyl (C=O) groups excluding carboxylic acids is 1. The number of ether oxygens (including phenoxy) is 1. The number of carbonyl (C=O) groups is 1. The van der Waals surface area contributed by atoms with Gasteiger partial charge in [-0.3, -0.25) is 9.48 Å². The lowest BCUT2D eigenvalue weighted by Gasteiger charge is -2.01. The third-order valence-corrected chi connectivity index (χ3v) is 2.00. The molecular formula is C10H17N3O3. The quantitative estimate of drug-likeness (QED) is 0.699. The maximum absolute atomic E-state index is 11.3. The van der Waals surface area contributed by atoms with Crippen molar-refractivity contribution in [3.8, 4) is 0 Å². The minimum atomic E-state index is -0.111. The SMILES string of the molecule is COCCn1cc(NC(=O)CCCO)cn1. The normalized spacial score (nSPS) is 10.4. The second kappa shape index (κ2) is 6.97. The first-order valence-corrected chi connectivity index (χ1v) is 5.18. The molecule has 0 spiro atoms. The third kappa shape index (κ3) is 4.41. The standard InChI is InChI=1S/C10H17N3O3/c1-16-6-4-13-8-9(7-11-13)12-10(15)3-2-5-14/h7-8,14H,2-6H2,1H3,(H,12,15). The van der Waals surface area contributed by atoms with Gasteiger partial charge in [0.2, 0.25) is 5.91 Å². The highest BCUT2D eigenvalue weighted by Gasteiger charge is 2.03. The summed E-state index contributed by atoms with van der Waals surface area (Å²) in [4.78, 5) is 11.3. The van der Waals surface area contributed by atoms with Gasteiger partial charge in [-0.05, 0) is 6.42 Å². The van der Waals surface area contributed by atoms with Crippen LogP contribution in [0.4, 0.5) is 5.69 Å². The molecule has 0 aliphatic heterocycles. The Kier molecular flexibility index (Phi) is 5.52. The smallest absolute Gasteiger partial charge is 0.224 e. The highest BCUT2D eigenvalue weighted by molar-refractivity contribution is 5.90. The first kappa shape index (κ1) is 12.7. The van der Waals surface area contributed by atoms with E-state index in [9.17, 15) is 4.79 Å². The maximum atomic E-state index is 11.3. The molecule has 1 rings (SSSR count). The second-order valence-electron chi connectivity index (χ2n) is 3.36. The van der Waals surface area contributed by atoms with Gasteiger partial charge < -0.3 is 15.2 Å². The van der Waals surface area contributed by atoms with Crippen molar-refractivity contribution in [3.63, 3.8) is 0 Å². The van der Waals surface area contributed by atoms with E-state index in [4.69, 9.17) is 9.84 Å². The number of amides is 1. The largest absolute Gasteiger partial charge is 0.396 e. The fourth-order valence-corrected chi connectivity index (χ4v) is 1.20. The minimum Gasteiger partial charge on any atom is -0.396 e. The van der Waals surface area contributed by atoms with Crippen molar-refractivity contribution in [1.29, 1.82) is 0 Å². The monoisotopic (exact) mass is 227 g/mol. The highest BCUT2D eigenvalue weighted by atomic mass is 16.5. The summed E-state index contributed by atoms with van der Waals surface area (Å²) in [5, 5.41) is 15.3. The van der Waals surface area contributed by atoms with Gasteiger partial charge in [0.1, 0.15) is 0 Å². The van der Waals surface area contributed by atoms with E-state index in [0.29, 0.717) is 31.7 Å². The summed E-state index contributed by atoms with van der Waals surface area (Å²) >= 11 is 0. The van der Waals surface area contributed by atoms with Gasteiger partial charge in [0.15, 0.2) is 0 Å². The lowest BCUT2D eigenvalue weighted by Crippen LogP contribution is -2.11. The summed E-state index contributed by atoms with van der Waals surface area (Å²) in [7, 11) is 1.63. The zero-order valence-electron chi connectivity index (χ0n) is 9.35. The van der Waals surface area contributed by atoms with Crippen LogP contribution in [0.3, 0.4) is 0 Å². The van der Waals surface area contributed by atoms with Crippen molar-refractivity contribution in [2.24, 2.45) is 0 Å². The minimum absolute atomic E-state index is 0.0283. The van der Waals surface area contributed by atoms with Gasteiger partial charge >= 0.3 is 0 Å². The summed E-state index contributed by atoms with van der Waals surface area (Å²) in [6.45, 7) is 1.27. The average Bonchev–Trinajstić information content (AvgIpc) is 2.71. The predicted octanol–water partition coefficient (Wildman–Crippen LogP) is 0.240. The van der Waals surface area contributed by atoms with Crippen LogP contribution in [-0.4, -0.2) is 41.1 Å². The fraction of sp³-hybridized carbons (Fsp3) is 0.600. The molecule has 0 radical (unpaired) electrons. The van der Waals surface area contributed by atoms with E-state index in [0.717, 1.165) is 0 Å². The Labute approximate surface area is 94.2 Å². The van der Waals surface area contributed by atoms with Crippen molar-refractivity contribution >= 4 is 11.6 Å². The van der Waals surface area contributed by atoms with Crippen LogP contribution in [0, 0.1) is 0 Å². The van der Waals surface area contributed by atoms with Gasteiger partial charge in [-0.25, -0.2) is 0 Å². The zero-order chi connectivity index (χ0) is 11.8. The van der Waals surface area contributed by atoms with Crippen LogP contribution in [-0.2, 0) is 16.1 Å². The zero-order valence-corrected chi connectivity index (χ0v) is 9.35. The highest BCUT2D eigenvalue weighted by Crippen LogP contribution is 2.05. The Balaban J connectivity index is 2.36. The number of hydrogen-bond donors (Lipinski definition) is 2. The number of hydrogen-bond acceptors (Lipinski definition) is 4. The summed E-state index contributed by atoms with van der Waals surface area (Å²) in [6, 6.07) is 0. The molecule has 6 heteroatoms. The number of aliphatic hydroxyl groups excluding tert-OH is 1. The Bertz CT molecular complexity index is 325. The van der Waals surface area contributed by atoms with Crippen LogP contribution < -0.4 is 5.32 Å². The number of nitrogens with one attached hydrogen (secondary N) is 1. The molecule has 0 saturated heterocycles. The lowest BCUT2D eigenvalue weighted by atomic mass is 10.3. The topological polar surface area (TPSA) is 76.4 Å². The molecule has 0 bridgehead atoms. The molecule has 6 nitrogen and oxygen atoms in total. The second-order valence-corrected chi connectivity index (χ2v) is 3.36. The molecule has 2 N–H and O–H groups in total. The summed E-state index contributed by atoms with van der Waals surface area (Å²) in [6.07, 6.45) is 4.13. The van der Waals surface area contributed by atoms with Gasteiger partial charge in [-0.2, -0.15) is 5.10 Å². The molecule has 0 saturated carbocycles. The summed E-state index contributed by atoms with van der Waals surface area (Å²) < 4.78 is 6.61. The van der Waals surface area contributed by atoms with Crippen LogP contribution in [0.15, 0.2) is 12.4 Å². The molecule has 0 aliphatic carbocycles. The number of nitrogens with zero attached hydrogens (tertiary/aromatic N) is 2. The first-order chi connectivity index (χ1) is 7.76. The maximum Gasteiger partial charge on any atom is 0.224 e. The van der Waals surface area contributed by atoms with E-state index in [2.05, 4.69) is 10.4 Å². The van der Waals surface area contributed by atoms with Gasteiger partial charge in [0.05, 0.1) is 25.0 Å². The van der Waals surface area contributed by atoms with Crippen LogP contribution >= 0.6 is 0 Å². The van der Waals surface area contributed by atoms with Crippen LogP contribution in [0.1, 0.15) is 12.8 Å². The van der Waals surface area contributed by atoms with Crippen LogP contribution in [0.5, 0.6) is 0 Å². The number of methoxy groups -OCH3 is 1. The molecule has 0 fully saturated rings. The molecular weight excluding hydrogens is 210 g/mol. The Hall–Kier alpha value is -1.40. The Morgan fingerprint density at radius 3 is 3.19 bits per heavy atom. The van der Waals surface area contributed by atoms with Crippen molar-refractivity contribution < 1.29 is 14.6 Å². The van der Waals surface area contributed by atoms with Gasteiger partial charge in [-0.1, -0.05) is 0 Å². The number of anilines is 1. The van der Waals surface area contributed by atoms with Crippen molar-refractivity contribution in [2.75, 3.05) is 25.6 Å². The van der Waals surface area contributed by atoms with Gasteiger partial charge in [0, 0.05) is 26.3 Å². The van der Waals surface area contributed by atoms with Gasteiger partial charge in [-0.15, -0.1) is 0 Å². The average molecular weight is 227 g/mol. The van der Waals surface area contributed by atoms with E-state index in [1.165, 1.54) is 0 Å². The number of rotatable bonds is 7. The molecule has 1 aromatic rings. The molecule has 90 valence electrons. The van der Waals surface area contributed by atoms with E-state index in [1.807, 2.05) is 0 Å². The summed E-state index contributed by atoms with van der Waals surface area (Å²) in [5.41, 5.74) is 0.666. The predicted molar refractivity (Wildman–Crippen MR) is 59.1 cm³/mol. The first-order valence-electron chi connectivity index (χ1n) is 5.18. The Morgan fingerprint density at radius 2 is 2.50 bits per heavy atom. The van der Waals surface area contributed by atoms with Crippen molar-refractivity contribution in [1.82, 2.24) is 9.78 Å². The third-order valence-electron chi connectivity index (χ3n) is 2.00. The van der Waals surface area contributed by atoms with Gasteiger partial charge in [0.25, 0.3) is 0 Å². The van der Waals surface area contributed by atoms with E-state index >= 15 is 0 Å². The lowest BCUT2D eigenvalue weighted by molar-refractivity contribution is -0.116. The molecule has 0 aliphatic rings. The molecule has 1 amide bonds. The fourth-order valence-electron chi connectivity index (χ4n) is 1.20. The summed E-state index contributed by atoms with van der Waals surface area (Å²) in [5.74, 6) is -0.111. The molecule has 1 aromatic heterocycles. The molecule has 16 heavy (non-hydrogen) atoms. The van der Waals surface area contributed by atoms with Crippen molar-refractivity contribution in [2.45, 2.75) is 19.4 Å². The number of aromatic nitrogens is 2. The van der Waals surface area contributed by atoms with Crippen LogP contribution in [0.2, 0.25) is 0 Å². The molecule has 0 aromatic carbocycles. The van der Waals surface area contributed by atoms with Crippen LogP contribution in [0.25, 0.3) is 0 Å². The molecule has 0 atom stereocenters. The van der Waals surface area contributed by atoms with E-state index in [-0.39, 0.29) is 12.5 Å².